The molecule has 0 amide bonds. The summed E-state index contributed by atoms with van der Waals surface area (Å²) < 4.78 is 0.155. The van der Waals surface area contributed by atoms with Gasteiger partial charge in [0.2, 0.25) is 5.60 Å². The molecule has 0 aromatic carbocycles. The molecule has 1 aliphatic rings. The molecule has 2 N–H and O–H groups in total. The van der Waals surface area contributed by atoms with E-state index in [1.54, 1.807) is 21.1 Å². The highest BCUT2D eigenvalue weighted by atomic mass is 16.4. The molecule has 0 aliphatic heterocycles. The van der Waals surface area contributed by atoms with Crippen molar-refractivity contribution in [2.45, 2.75) is 24.9 Å². The van der Waals surface area contributed by atoms with Crippen molar-refractivity contribution in [1.29, 1.82) is 0 Å². The number of carboxylic acids is 1. The minimum atomic E-state index is -1.95. The van der Waals surface area contributed by atoms with E-state index in [1.165, 1.54) is 0 Å². The molecular formula is C12H20NO4+. The summed E-state index contributed by atoms with van der Waals surface area (Å²) in [4.78, 5) is 22.9. The van der Waals surface area contributed by atoms with Crippen molar-refractivity contribution in [3.63, 3.8) is 0 Å². The second-order valence-electron chi connectivity index (χ2n) is 5.53. The quantitative estimate of drug-likeness (QED) is 0.661. The molecule has 0 heterocycles. The maximum absolute atomic E-state index is 12.1. The molecule has 0 spiro atoms. The molecular weight excluding hydrogens is 222 g/mol. The van der Waals surface area contributed by atoms with Crippen LogP contribution in [0, 0.1) is 5.92 Å². The van der Waals surface area contributed by atoms with Crippen LogP contribution >= 0.6 is 0 Å². The predicted molar refractivity (Wildman–Crippen MR) is 62.1 cm³/mol. The van der Waals surface area contributed by atoms with Gasteiger partial charge in [0.25, 0.3) is 0 Å². The molecule has 0 radical (unpaired) electrons. The summed E-state index contributed by atoms with van der Waals surface area (Å²) in [6, 6.07) is 0. The van der Waals surface area contributed by atoms with Crippen molar-refractivity contribution < 1.29 is 24.3 Å². The number of carboxylic acid groups (broad SMARTS) is 1. The van der Waals surface area contributed by atoms with Gasteiger partial charge in [-0.3, -0.25) is 14.1 Å². The molecule has 0 aromatic rings. The topological polar surface area (TPSA) is 74.6 Å². The third-order valence-corrected chi connectivity index (χ3v) is 3.05. The standard InChI is InChI=1S/C12H19NO4/c1-8(13(2,3)4)12(17,7-10(14)15)11(16)9-5-6-9/h9,17H,1,5-7H2,2-4H3/p+1. The lowest BCUT2D eigenvalue weighted by Crippen LogP contribution is -2.52. The van der Waals surface area contributed by atoms with Gasteiger partial charge in [-0.05, 0) is 19.4 Å². The Kier molecular flexibility index (Phi) is 3.45. The second-order valence-corrected chi connectivity index (χ2v) is 5.53. The van der Waals surface area contributed by atoms with Crippen molar-refractivity contribution in [2.24, 2.45) is 5.92 Å². The van der Waals surface area contributed by atoms with Gasteiger partial charge in [-0.2, -0.15) is 0 Å². The van der Waals surface area contributed by atoms with E-state index in [1.807, 2.05) is 0 Å². The zero-order valence-corrected chi connectivity index (χ0v) is 10.6. The van der Waals surface area contributed by atoms with Gasteiger partial charge in [0.05, 0.1) is 27.6 Å². The van der Waals surface area contributed by atoms with Gasteiger partial charge in [0, 0.05) is 5.92 Å². The number of carbonyl (C=O) groups excluding carboxylic acids is 1. The van der Waals surface area contributed by atoms with E-state index in [2.05, 4.69) is 6.58 Å². The molecule has 0 aromatic heterocycles. The minimum absolute atomic E-state index is 0.155. The van der Waals surface area contributed by atoms with Gasteiger partial charge in [-0.1, -0.05) is 0 Å². The smallest absolute Gasteiger partial charge is 0.307 e. The lowest BCUT2D eigenvalue weighted by atomic mass is 9.87. The molecule has 96 valence electrons. The number of hydrogen-bond acceptors (Lipinski definition) is 3. The molecule has 5 heteroatoms. The number of ketones is 1. The number of nitrogens with zero attached hydrogens (tertiary/aromatic N) is 1. The fourth-order valence-electron chi connectivity index (χ4n) is 1.79. The van der Waals surface area contributed by atoms with Crippen LogP contribution in [0.5, 0.6) is 0 Å². The summed E-state index contributed by atoms with van der Waals surface area (Å²) in [6.07, 6.45) is 0.840. The Morgan fingerprint density at radius 2 is 1.82 bits per heavy atom. The van der Waals surface area contributed by atoms with Gasteiger partial charge in [-0.25, -0.2) is 0 Å². The number of aliphatic hydroxyl groups is 1. The van der Waals surface area contributed by atoms with Crippen LogP contribution in [0.2, 0.25) is 0 Å². The third kappa shape index (κ3) is 2.92. The fraction of sp³-hybridized carbons (Fsp3) is 0.667. The Balaban J connectivity index is 3.04. The first-order valence-electron chi connectivity index (χ1n) is 5.59. The van der Waals surface area contributed by atoms with Crippen LogP contribution in [-0.2, 0) is 9.59 Å². The monoisotopic (exact) mass is 242 g/mol. The van der Waals surface area contributed by atoms with E-state index in [0.29, 0.717) is 0 Å². The molecule has 1 aliphatic carbocycles. The minimum Gasteiger partial charge on any atom is -0.481 e. The van der Waals surface area contributed by atoms with E-state index < -0.39 is 23.8 Å². The first kappa shape index (κ1) is 13.9. The average Bonchev–Trinajstić information content (AvgIpc) is 2.95. The Labute approximate surface area is 101 Å². The summed E-state index contributed by atoms with van der Waals surface area (Å²) in [5.41, 5.74) is -1.73. The van der Waals surface area contributed by atoms with Crippen molar-refractivity contribution in [2.75, 3.05) is 21.1 Å². The molecule has 0 bridgehead atoms. The molecule has 1 atom stereocenters. The number of Topliss-reactive ketones (excluding diaryl/α,β-unsaturated/α-hetero) is 1. The second kappa shape index (κ2) is 4.23. The van der Waals surface area contributed by atoms with Gasteiger partial charge >= 0.3 is 5.97 Å². The average molecular weight is 242 g/mol. The van der Waals surface area contributed by atoms with Gasteiger partial charge in [0.15, 0.2) is 5.78 Å². The van der Waals surface area contributed by atoms with Crippen molar-refractivity contribution in [3.8, 4) is 0 Å². The fourth-order valence-corrected chi connectivity index (χ4v) is 1.79. The number of aliphatic carboxylic acids is 1. The zero-order valence-electron chi connectivity index (χ0n) is 10.6. The Bertz CT molecular complexity index is 365. The SMILES string of the molecule is C=C(C(O)(CC(=O)O)C(=O)C1CC1)[N+](C)(C)C. The first-order chi connectivity index (χ1) is 7.59. The van der Waals surface area contributed by atoms with Crippen molar-refractivity contribution in [1.82, 2.24) is 0 Å². The number of likely N-dealkylation sites (N-methyl/N-ethyl adjacent to an activating group) is 1. The zero-order chi connectivity index (χ0) is 13.4. The van der Waals surface area contributed by atoms with Crippen LogP contribution in [0.3, 0.4) is 0 Å². The summed E-state index contributed by atoms with van der Waals surface area (Å²) in [7, 11) is 5.24. The van der Waals surface area contributed by atoms with Crippen LogP contribution < -0.4 is 0 Å². The largest absolute Gasteiger partial charge is 0.481 e. The molecule has 1 rings (SSSR count). The normalized spacial score (nSPS) is 19.5. The number of rotatable bonds is 6. The van der Waals surface area contributed by atoms with Crippen LogP contribution in [0.1, 0.15) is 19.3 Å². The highest BCUT2D eigenvalue weighted by Crippen LogP contribution is 2.38. The van der Waals surface area contributed by atoms with Crippen LogP contribution in [0.25, 0.3) is 0 Å². The van der Waals surface area contributed by atoms with Gasteiger partial charge in [-0.15, -0.1) is 0 Å². The van der Waals surface area contributed by atoms with E-state index in [0.717, 1.165) is 12.8 Å². The first-order valence-corrected chi connectivity index (χ1v) is 5.59. The van der Waals surface area contributed by atoms with Gasteiger partial charge in [0.1, 0.15) is 5.70 Å². The number of hydrogen-bond donors (Lipinski definition) is 2. The van der Waals surface area contributed by atoms with E-state index in [9.17, 15) is 14.7 Å². The maximum Gasteiger partial charge on any atom is 0.307 e. The highest BCUT2D eigenvalue weighted by molar-refractivity contribution is 5.96. The lowest BCUT2D eigenvalue weighted by Gasteiger charge is -2.35. The summed E-state index contributed by atoms with van der Waals surface area (Å²) >= 11 is 0. The highest BCUT2D eigenvalue weighted by Gasteiger charge is 2.52. The predicted octanol–water partition coefficient (Wildman–Crippen LogP) is 0.391. The van der Waals surface area contributed by atoms with Crippen molar-refractivity contribution >= 4 is 11.8 Å². The lowest BCUT2D eigenvalue weighted by molar-refractivity contribution is -0.836. The Morgan fingerprint density at radius 3 is 2.12 bits per heavy atom. The molecule has 1 saturated carbocycles. The molecule has 1 fully saturated rings. The van der Waals surface area contributed by atoms with Crippen LogP contribution in [-0.4, -0.2) is 53.2 Å². The van der Waals surface area contributed by atoms with Crippen LogP contribution in [0.15, 0.2) is 12.3 Å². The third-order valence-electron chi connectivity index (χ3n) is 3.05. The van der Waals surface area contributed by atoms with E-state index in [4.69, 9.17) is 5.11 Å². The Hall–Kier alpha value is -1.20. The molecule has 0 saturated heterocycles. The van der Waals surface area contributed by atoms with E-state index >= 15 is 0 Å². The molecule has 17 heavy (non-hydrogen) atoms. The summed E-state index contributed by atoms with van der Waals surface area (Å²) in [5, 5.41) is 19.3. The number of carbonyl (C=O) groups is 2. The van der Waals surface area contributed by atoms with E-state index in [-0.39, 0.29) is 16.1 Å². The summed E-state index contributed by atoms with van der Waals surface area (Å²) in [5.74, 6) is -1.81. The molecule has 5 nitrogen and oxygen atoms in total. The Morgan fingerprint density at radius 1 is 1.35 bits per heavy atom. The summed E-state index contributed by atoms with van der Waals surface area (Å²) in [6.45, 7) is 3.72. The maximum atomic E-state index is 12.1. The number of quaternary nitrogens is 1. The van der Waals surface area contributed by atoms with Crippen LogP contribution in [0.4, 0.5) is 0 Å². The van der Waals surface area contributed by atoms with Crippen molar-refractivity contribution in [3.05, 3.63) is 12.3 Å². The molecule has 1 unspecified atom stereocenters. The van der Waals surface area contributed by atoms with Gasteiger partial charge < -0.3 is 10.2 Å².